The molecule has 0 radical (unpaired) electrons. The first-order valence-electron chi connectivity index (χ1n) is 6.76. The SMILES string of the molecule is CC(=O)NCc1cc(C(=O)NCc2ccc(Cl)cc2)ccn1. The van der Waals surface area contributed by atoms with E-state index >= 15 is 0 Å². The molecule has 0 aliphatic heterocycles. The summed E-state index contributed by atoms with van der Waals surface area (Å²) in [7, 11) is 0. The second-order valence-electron chi connectivity index (χ2n) is 4.75. The van der Waals surface area contributed by atoms with E-state index in [1.165, 1.54) is 6.92 Å². The quantitative estimate of drug-likeness (QED) is 0.889. The lowest BCUT2D eigenvalue weighted by Crippen LogP contribution is -2.24. The normalized spacial score (nSPS) is 10.1. The van der Waals surface area contributed by atoms with Crippen molar-refractivity contribution in [2.24, 2.45) is 0 Å². The van der Waals surface area contributed by atoms with Gasteiger partial charge in [-0.05, 0) is 29.8 Å². The number of hydrogen-bond donors (Lipinski definition) is 2. The van der Waals surface area contributed by atoms with Crippen molar-refractivity contribution in [2.45, 2.75) is 20.0 Å². The fourth-order valence-corrected chi connectivity index (χ4v) is 1.94. The van der Waals surface area contributed by atoms with Gasteiger partial charge in [-0.3, -0.25) is 14.6 Å². The molecule has 0 saturated heterocycles. The number of carbonyl (C=O) groups is 2. The predicted octanol–water partition coefficient (Wildman–Crippen LogP) is 2.30. The van der Waals surface area contributed by atoms with Gasteiger partial charge in [0.2, 0.25) is 5.91 Å². The number of hydrogen-bond acceptors (Lipinski definition) is 3. The molecule has 114 valence electrons. The highest BCUT2D eigenvalue weighted by atomic mass is 35.5. The Bertz CT molecular complexity index is 671. The zero-order chi connectivity index (χ0) is 15.9. The zero-order valence-electron chi connectivity index (χ0n) is 12.1. The summed E-state index contributed by atoms with van der Waals surface area (Å²) >= 11 is 5.82. The van der Waals surface area contributed by atoms with Crippen molar-refractivity contribution in [2.75, 3.05) is 0 Å². The Hall–Kier alpha value is -2.40. The number of benzene rings is 1. The first-order chi connectivity index (χ1) is 10.5. The van der Waals surface area contributed by atoms with Gasteiger partial charge in [-0.25, -0.2) is 0 Å². The molecule has 2 aromatic rings. The van der Waals surface area contributed by atoms with E-state index in [-0.39, 0.29) is 11.8 Å². The molecule has 1 heterocycles. The summed E-state index contributed by atoms with van der Waals surface area (Å²) in [4.78, 5) is 27.1. The lowest BCUT2D eigenvalue weighted by atomic mass is 10.2. The van der Waals surface area contributed by atoms with Crippen LogP contribution in [0.15, 0.2) is 42.6 Å². The topological polar surface area (TPSA) is 71.1 Å². The third kappa shape index (κ3) is 4.86. The van der Waals surface area contributed by atoms with E-state index < -0.39 is 0 Å². The number of pyridine rings is 1. The Balaban J connectivity index is 1.95. The number of rotatable bonds is 5. The van der Waals surface area contributed by atoms with Gasteiger partial charge in [0.05, 0.1) is 12.2 Å². The van der Waals surface area contributed by atoms with Gasteiger partial charge in [0.1, 0.15) is 0 Å². The molecule has 0 atom stereocenters. The van der Waals surface area contributed by atoms with Gasteiger partial charge in [-0.2, -0.15) is 0 Å². The van der Waals surface area contributed by atoms with Crippen molar-refractivity contribution in [3.05, 3.63) is 64.4 Å². The second kappa shape index (κ2) is 7.56. The standard InChI is InChI=1S/C16H16ClN3O2/c1-11(21)19-10-15-8-13(6-7-18-15)16(22)20-9-12-2-4-14(17)5-3-12/h2-8H,9-10H2,1H3,(H,19,21)(H,20,22). The Morgan fingerprint density at radius 2 is 1.82 bits per heavy atom. The van der Waals surface area contributed by atoms with Crippen LogP contribution in [0.3, 0.4) is 0 Å². The van der Waals surface area contributed by atoms with Crippen molar-refractivity contribution in [1.82, 2.24) is 15.6 Å². The van der Waals surface area contributed by atoms with Crippen LogP contribution in [0.4, 0.5) is 0 Å². The number of aromatic nitrogens is 1. The molecule has 0 spiro atoms. The molecule has 0 saturated carbocycles. The van der Waals surface area contributed by atoms with Gasteiger partial charge in [0.25, 0.3) is 5.91 Å². The number of carbonyl (C=O) groups excluding carboxylic acids is 2. The maximum atomic E-state index is 12.1. The average molecular weight is 318 g/mol. The summed E-state index contributed by atoms with van der Waals surface area (Å²) in [6.07, 6.45) is 1.55. The van der Waals surface area contributed by atoms with Crippen LogP contribution in [0.25, 0.3) is 0 Å². The fourth-order valence-electron chi connectivity index (χ4n) is 1.82. The maximum Gasteiger partial charge on any atom is 0.251 e. The molecule has 0 bridgehead atoms. The van der Waals surface area contributed by atoms with E-state index in [1.807, 2.05) is 12.1 Å². The molecule has 2 amide bonds. The summed E-state index contributed by atoms with van der Waals surface area (Å²) in [6.45, 7) is 2.15. The Labute approximate surface area is 133 Å². The molecule has 0 unspecified atom stereocenters. The van der Waals surface area contributed by atoms with Crippen LogP contribution in [0.5, 0.6) is 0 Å². The minimum absolute atomic E-state index is 0.139. The van der Waals surface area contributed by atoms with E-state index in [0.717, 1.165) is 5.56 Å². The van der Waals surface area contributed by atoms with Gasteiger partial charge >= 0.3 is 0 Å². The van der Waals surface area contributed by atoms with E-state index in [2.05, 4.69) is 15.6 Å². The van der Waals surface area contributed by atoms with Gasteiger partial charge in [-0.1, -0.05) is 23.7 Å². The van der Waals surface area contributed by atoms with Crippen molar-refractivity contribution in [1.29, 1.82) is 0 Å². The van der Waals surface area contributed by atoms with Crippen LogP contribution in [0.2, 0.25) is 5.02 Å². The van der Waals surface area contributed by atoms with E-state index in [9.17, 15) is 9.59 Å². The summed E-state index contributed by atoms with van der Waals surface area (Å²) in [5, 5.41) is 6.13. The molecule has 5 nitrogen and oxygen atoms in total. The fraction of sp³-hybridized carbons (Fsp3) is 0.188. The molecule has 1 aromatic heterocycles. The molecule has 2 rings (SSSR count). The number of amides is 2. The highest BCUT2D eigenvalue weighted by Crippen LogP contribution is 2.09. The maximum absolute atomic E-state index is 12.1. The Morgan fingerprint density at radius 3 is 2.50 bits per heavy atom. The van der Waals surface area contributed by atoms with Crippen LogP contribution in [0, 0.1) is 0 Å². The van der Waals surface area contributed by atoms with Gasteiger partial charge in [-0.15, -0.1) is 0 Å². The van der Waals surface area contributed by atoms with E-state index in [0.29, 0.717) is 29.4 Å². The molecular weight excluding hydrogens is 302 g/mol. The van der Waals surface area contributed by atoms with Crippen molar-refractivity contribution in [3.8, 4) is 0 Å². The van der Waals surface area contributed by atoms with Crippen LogP contribution in [0.1, 0.15) is 28.5 Å². The molecular formula is C16H16ClN3O2. The van der Waals surface area contributed by atoms with Crippen LogP contribution in [-0.2, 0) is 17.9 Å². The summed E-state index contributed by atoms with van der Waals surface area (Å²) < 4.78 is 0. The van der Waals surface area contributed by atoms with Crippen molar-refractivity contribution in [3.63, 3.8) is 0 Å². The Morgan fingerprint density at radius 1 is 1.09 bits per heavy atom. The van der Waals surface area contributed by atoms with Gasteiger partial charge in [0, 0.05) is 30.3 Å². The third-order valence-electron chi connectivity index (χ3n) is 2.96. The number of nitrogens with zero attached hydrogens (tertiary/aromatic N) is 1. The lowest BCUT2D eigenvalue weighted by Gasteiger charge is -2.07. The molecule has 0 fully saturated rings. The van der Waals surface area contributed by atoms with Crippen LogP contribution < -0.4 is 10.6 Å². The van der Waals surface area contributed by atoms with Crippen molar-refractivity contribution < 1.29 is 9.59 Å². The molecule has 22 heavy (non-hydrogen) atoms. The highest BCUT2D eigenvalue weighted by Gasteiger charge is 2.07. The predicted molar refractivity (Wildman–Crippen MR) is 84.4 cm³/mol. The van der Waals surface area contributed by atoms with E-state index in [1.54, 1.807) is 30.5 Å². The number of halogens is 1. The summed E-state index contributed by atoms with van der Waals surface area (Å²) in [5.41, 5.74) is 2.10. The zero-order valence-corrected chi connectivity index (χ0v) is 12.9. The highest BCUT2D eigenvalue weighted by molar-refractivity contribution is 6.30. The average Bonchev–Trinajstić information content (AvgIpc) is 2.52. The summed E-state index contributed by atoms with van der Waals surface area (Å²) in [6, 6.07) is 10.6. The van der Waals surface area contributed by atoms with Crippen LogP contribution in [-0.4, -0.2) is 16.8 Å². The minimum atomic E-state index is -0.193. The Kier molecular flexibility index (Phi) is 5.49. The van der Waals surface area contributed by atoms with Crippen molar-refractivity contribution >= 4 is 23.4 Å². The monoisotopic (exact) mass is 317 g/mol. The first kappa shape index (κ1) is 16.0. The van der Waals surface area contributed by atoms with Crippen LogP contribution >= 0.6 is 11.6 Å². The number of nitrogens with one attached hydrogen (secondary N) is 2. The molecule has 0 aliphatic carbocycles. The summed E-state index contributed by atoms with van der Waals surface area (Å²) in [5.74, 6) is -0.333. The smallest absolute Gasteiger partial charge is 0.251 e. The first-order valence-corrected chi connectivity index (χ1v) is 7.14. The molecule has 6 heteroatoms. The molecule has 1 aromatic carbocycles. The third-order valence-corrected chi connectivity index (χ3v) is 3.22. The van der Waals surface area contributed by atoms with Gasteiger partial charge < -0.3 is 10.6 Å². The lowest BCUT2D eigenvalue weighted by molar-refractivity contribution is -0.119. The molecule has 0 aliphatic rings. The minimum Gasteiger partial charge on any atom is -0.351 e. The largest absolute Gasteiger partial charge is 0.351 e. The molecule has 2 N–H and O–H groups in total. The van der Waals surface area contributed by atoms with E-state index in [4.69, 9.17) is 11.6 Å². The van der Waals surface area contributed by atoms with Gasteiger partial charge in [0.15, 0.2) is 0 Å². The second-order valence-corrected chi connectivity index (χ2v) is 5.19.